The molecule has 3 rings (SSSR count). The molecule has 3 heterocycles. The smallest absolute Gasteiger partial charge is 0.227 e. The molecular weight excluding hydrogens is 324 g/mol. The number of nitrogens with zero attached hydrogens (tertiary/aromatic N) is 4. The van der Waals surface area contributed by atoms with Gasteiger partial charge in [0.05, 0.1) is 18.2 Å². The van der Waals surface area contributed by atoms with E-state index in [-0.39, 0.29) is 5.92 Å². The van der Waals surface area contributed by atoms with Crippen LogP contribution in [0, 0.1) is 26.7 Å². The molecule has 2 saturated heterocycles. The van der Waals surface area contributed by atoms with Gasteiger partial charge in [0.15, 0.2) is 0 Å². The maximum absolute atomic E-state index is 13.2. The molecule has 5 heteroatoms. The van der Waals surface area contributed by atoms with Crippen molar-refractivity contribution in [2.75, 3.05) is 26.2 Å². The van der Waals surface area contributed by atoms with Crippen molar-refractivity contribution in [2.24, 2.45) is 5.92 Å². The minimum absolute atomic E-state index is 0.0141. The highest BCUT2D eigenvalue weighted by Gasteiger charge is 2.30. The first-order valence-electron chi connectivity index (χ1n) is 10.5. The lowest BCUT2D eigenvalue weighted by molar-refractivity contribution is -0.139. The molecule has 0 unspecified atom stereocenters. The number of carbonyl (C=O) groups is 1. The predicted molar refractivity (Wildman–Crippen MR) is 105 cm³/mol. The molecule has 1 aromatic rings. The summed E-state index contributed by atoms with van der Waals surface area (Å²) in [6, 6.07) is 0.432. The van der Waals surface area contributed by atoms with Gasteiger partial charge in [-0.2, -0.15) is 5.10 Å². The maximum atomic E-state index is 13.2. The molecule has 1 aromatic heterocycles. The molecule has 0 aliphatic carbocycles. The molecule has 2 aliphatic heterocycles. The lowest BCUT2D eigenvalue weighted by Gasteiger charge is -2.38. The fourth-order valence-corrected chi connectivity index (χ4v) is 4.51. The molecule has 0 bridgehead atoms. The van der Waals surface area contributed by atoms with Gasteiger partial charge >= 0.3 is 0 Å². The number of rotatable bonds is 6. The average Bonchev–Trinajstić information content (AvgIpc) is 3.24. The van der Waals surface area contributed by atoms with Crippen LogP contribution in [0.5, 0.6) is 0 Å². The van der Waals surface area contributed by atoms with Crippen LogP contribution in [0.2, 0.25) is 0 Å². The first kappa shape index (κ1) is 19.4. The Morgan fingerprint density at radius 2 is 1.81 bits per heavy atom. The van der Waals surface area contributed by atoms with E-state index in [0.29, 0.717) is 18.5 Å². The van der Waals surface area contributed by atoms with Crippen molar-refractivity contribution in [3.8, 4) is 0 Å². The molecule has 146 valence electrons. The Morgan fingerprint density at radius 1 is 1.12 bits per heavy atom. The van der Waals surface area contributed by atoms with Crippen LogP contribution in [0.4, 0.5) is 0 Å². The molecule has 0 saturated carbocycles. The second-order valence-electron chi connectivity index (χ2n) is 8.40. The third-order valence-corrected chi connectivity index (χ3v) is 6.50. The molecule has 2 fully saturated rings. The van der Waals surface area contributed by atoms with Crippen molar-refractivity contribution in [3.05, 3.63) is 17.0 Å². The molecule has 0 N–H and O–H groups in total. The molecule has 26 heavy (non-hydrogen) atoms. The van der Waals surface area contributed by atoms with Gasteiger partial charge in [-0.15, -0.1) is 0 Å². The topological polar surface area (TPSA) is 41.4 Å². The van der Waals surface area contributed by atoms with E-state index in [0.717, 1.165) is 31.6 Å². The van der Waals surface area contributed by atoms with Crippen LogP contribution in [0.1, 0.15) is 62.4 Å². The van der Waals surface area contributed by atoms with Gasteiger partial charge in [0, 0.05) is 24.8 Å². The van der Waals surface area contributed by atoms with Gasteiger partial charge in [0.25, 0.3) is 0 Å². The minimum Gasteiger partial charge on any atom is -0.339 e. The largest absolute Gasteiger partial charge is 0.339 e. The van der Waals surface area contributed by atoms with Gasteiger partial charge in [0.2, 0.25) is 5.91 Å². The third kappa shape index (κ3) is 4.30. The highest BCUT2D eigenvalue weighted by Crippen LogP contribution is 2.24. The number of hydrogen-bond acceptors (Lipinski definition) is 3. The standard InChI is InChI=1S/C21H36N4O/c1-16(15-25-19(4)17(2)18(3)22-25)21(26)24-13-6-5-9-20(24)10-14-23-11-7-8-12-23/h16,20H,5-15H2,1-4H3/t16-,20+/m0/s1. The summed E-state index contributed by atoms with van der Waals surface area (Å²) in [5.41, 5.74) is 3.50. The van der Waals surface area contributed by atoms with Gasteiger partial charge in [0.1, 0.15) is 0 Å². The average molecular weight is 361 g/mol. The number of piperidine rings is 1. The van der Waals surface area contributed by atoms with Gasteiger partial charge in [-0.25, -0.2) is 0 Å². The third-order valence-electron chi connectivity index (χ3n) is 6.50. The summed E-state index contributed by atoms with van der Waals surface area (Å²) in [5, 5.41) is 4.62. The Bertz CT molecular complexity index is 618. The summed E-state index contributed by atoms with van der Waals surface area (Å²) in [5.74, 6) is 0.307. The van der Waals surface area contributed by atoms with Crippen molar-refractivity contribution < 1.29 is 4.79 Å². The van der Waals surface area contributed by atoms with E-state index in [4.69, 9.17) is 0 Å². The highest BCUT2D eigenvalue weighted by atomic mass is 16.2. The van der Waals surface area contributed by atoms with Crippen molar-refractivity contribution in [1.29, 1.82) is 0 Å². The summed E-state index contributed by atoms with van der Waals surface area (Å²) in [6.45, 7) is 13.6. The van der Waals surface area contributed by atoms with Crippen LogP contribution in [0.3, 0.4) is 0 Å². The molecule has 2 atom stereocenters. The zero-order valence-electron chi connectivity index (χ0n) is 17.1. The van der Waals surface area contributed by atoms with Crippen molar-refractivity contribution in [3.63, 3.8) is 0 Å². The van der Waals surface area contributed by atoms with Crippen LogP contribution < -0.4 is 0 Å². The van der Waals surface area contributed by atoms with E-state index >= 15 is 0 Å². The zero-order chi connectivity index (χ0) is 18.7. The Hall–Kier alpha value is -1.36. The fourth-order valence-electron chi connectivity index (χ4n) is 4.51. The molecule has 0 spiro atoms. The number of hydrogen-bond donors (Lipinski definition) is 0. The number of amides is 1. The molecular formula is C21H36N4O. The maximum Gasteiger partial charge on any atom is 0.227 e. The van der Waals surface area contributed by atoms with Crippen LogP contribution in [-0.2, 0) is 11.3 Å². The summed E-state index contributed by atoms with van der Waals surface area (Å²) in [7, 11) is 0. The summed E-state index contributed by atoms with van der Waals surface area (Å²) >= 11 is 0. The summed E-state index contributed by atoms with van der Waals surface area (Å²) < 4.78 is 2.02. The molecule has 2 aliphatic rings. The van der Waals surface area contributed by atoms with E-state index in [1.54, 1.807) is 0 Å². The second-order valence-corrected chi connectivity index (χ2v) is 8.40. The summed E-state index contributed by atoms with van der Waals surface area (Å²) in [4.78, 5) is 17.9. The molecule has 1 amide bonds. The fraction of sp³-hybridized carbons (Fsp3) is 0.810. The van der Waals surface area contributed by atoms with E-state index in [2.05, 4.69) is 35.7 Å². The zero-order valence-corrected chi connectivity index (χ0v) is 17.1. The summed E-state index contributed by atoms with van der Waals surface area (Å²) in [6.07, 6.45) is 7.40. The quantitative estimate of drug-likeness (QED) is 0.781. The van der Waals surface area contributed by atoms with Crippen LogP contribution in [0.15, 0.2) is 0 Å². The predicted octanol–water partition coefficient (Wildman–Crippen LogP) is 3.31. The van der Waals surface area contributed by atoms with Crippen molar-refractivity contribution >= 4 is 5.91 Å². The van der Waals surface area contributed by atoms with Crippen LogP contribution in [-0.4, -0.2) is 57.7 Å². The molecule has 5 nitrogen and oxygen atoms in total. The number of aryl methyl sites for hydroxylation is 1. The van der Waals surface area contributed by atoms with Gasteiger partial charge in [-0.05, 0) is 77.9 Å². The number of likely N-dealkylation sites (tertiary alicyclic amines) is 2. The first-order valence-corrected chi connectivity index (χ1v) is 10.5. The van der Waals surface area contributed by atoms with E-state index in [1.807, 2.05) is 11.6 Å². The van der Waals surface area contributed by atoms with Crippen molar-refractivity contribution in [2.45, 2.75) is 78.8 Å². The van der Waals surface area contributed by atoms with Gasteiger partial charge in [-0.1, -0.05) is 6.92 Å². The van der Waals surface area contributed by atoms with Gasteiger partial charge in [-0.3, -0.25) is 9.48 Å². The van der Waals surface area contributed by atoms with Crippen LogP contribution >= 0.6 is 0 Å². The van der Waals surface area contributed by atoms with E-state index in [1.165, 1.54) is 50.0 Å². The SMILES string of the molecule is Cc1nn(C[C@H](C)C(=O)N2CCCC[C@@H]2CCN2CCCC2)c(C)c1C. The lowest BCUT2D eigenvalue weighted by atomic mass is 9.97. The first-order chi connectivity index (χ1) is 12.5. The Morgan fingerprint density at radius 3 is 2.46 bits per heavy atom. The monoisotopic (exact) mass is 360 g/mol. The lowest BCUT2D eigenvalue weighted by Crippen LogP contribution is -2.47. The Labute approximate surface area is 158 Å². The number of aromatic nitrogens is 2. The number of carbonyl (C=O) groups excluding carboxylic acids is 1. The second kappa shape index (κ2) is 8.55. The van der Waals surface area contributed by atoms with Gasteiger partial charge < -0.3 is 9.80 Å². The molecule has 0 radical (unpaired) electrons. The van der Waals surface area contributed by atoms with Crippen LogP contribution in [0.25, 0.3) is 0 Å². The van der Waals surface area contributed by atoms with E-state index in [9.17, 15) is 4.79 Å². The van der Waals surface area contributed by atoms with Crippen molar-refractivity contribution in [1.82, 2.24) is 19.6 Å². The minimum atomic E-state index is -0.0141. The Balaban J connectivity index is 1.60. The Kier molecular flexibility index (Phi) is 6.38. The van der Waals surface area contributed by atoms with E-state index < -0.39 is 0 Å². The highest BCUT2D eigenvalue weighted by molar-refractivity contribution is 5.78. The molecule has 0 aromatic carbocycles. The normalized spacial score (nSPS) is 22.8.